The Bertz CT molecular complexity index is 675. The third-order valence-corrected chi connectivity index (χ3v) is 7.04. The van der Waals surface area contributed by atoms with Crippen LogP contribution in [0.5, 0.6) is 0 Å². The molecule has 28 heavy (non-hydrogen) atoms. The first-order valence-corrected chi connectivity index (χ1v) is 12.4. The number of hydrogen-bond acceptors (Lipinski definition) is 4. The molecule has 2 aromatic heterocycles. The van der Waals surface area contributed by atoms with Crippen molar-refractivity contribution in [3.05, 3.63) is 43.8 Å². The molecule has 0 aliphatic rings. The molecule has 2 atom stereocenters. The number of aryl methyl sites for hydroxylation is 2. The predicted molar refractivity (Wildman–Crippen MR) is 122 cm³/mol. The number of aliphatic hydroxyl groups is 2. The van der Waals surface area contributed by atoms with Crippen molar-refractivity contribution in [1.29, 1.82) is 0 Å². The Morgan fingerprint density at radius 1 is 0.714 bits per heavy atom. The predicted octanol–water partition coefficient (Wildman–Crippen LogP) is 6.83. The Kier molecular flexibility index (Phi) is 10.9. The molecule has 0 aliphatic heterocycles. The maximum absolute atomic E-state index is 10.5. The second kappa shape index (κ2) is 13.2. The van der Waals surface area contributed by atoms with Crippen molar-refractivity contribution in [2.24, 2.45) is 0 Å². The third-order valence-electron chi connectivity index (χ3n) is 5.01. The highest BCUT2D eigenvalue weighted by molar-refractivity contribution is 7.10. The molecule has 2 rings (SSSR count). The summed E-state index contributed by atoms with van der Waals surface area (Å²) in [6.45, 7) is 4.43. The molecular weight excluding hydrogens is 384 g/mol. The summed E-state index contributed by atoms with van der Waals surface area (Å²) < 4.78 is 0. The first-order valence-electron chi connectivity index (χ1n) is 10.7. The van der Waals surface area contributed by atoms with Gasteiger partial charge >= 0.3 is 0 Å². The van der Waals surface area contributed by atoms with Crippen LogP contribution in [-0.4, -0.2) is 10.2 Å². The number of aliphatic hydroxyl groups excluding tert-OH is 2. The van der Waals surface area contributed by atoms with Gasteiger partial charge in [0.15, 0.2) is 0 Å². The summed E-state index contributed by atoms with van der Waals surface area (Å²) in [6, 6.07) is 4.20. The average Bonchev–Trinajstić information content (AvgIpc) is 3.36. The molecule has 0 saturated carbocycles. The zero-order valence-corrected chi connectivity index (χ0v) is 18.9. The van der Waals surface area contributed by atoms with Crippen LogP contribution in [0.1, 0.15) is 98.3 Å². The second-order valence-corrected chi connectivity index (χ2v) is 9.23. The molecule has 0 spiro atoms. The topological polar surface area (TPSA) is 40.5 Å². The van der Waals surface area contributed by atoms with Gasteiger partial charge in [0.2, 0.25) is 0 Å². The van der Waals surface area contributed by atoms with Gasteiger partial charge in [-0.25, -0.2) is 0 Å². The van der Waals surface area contributed by atoms with Crippen LogP contribution in [0.4, 0.5) is 0 Å². The van der Waals surface area contributed by atoms with Crippen LogP contribution >= 0.6 is 22.7 Å². The molecular formula is C24H34O2S2. The molecule has 0 fully saturated rings. The molecule has 2 aromatic rings. The Balaban J connectivity index is 1.94. The number of hydrogen-bond donors (Lipinski definition) is 2. The Morgan fingerprint density at radius 2 is 1.14 bits per heavy atom. The van der Waals surface area contributed by atoms with Gasteiger partial charge in [-0.3, -0.25) is 0 Å². The van der Waals surface area contributed by atoms with Gasteiger partial charge in [0, 0.05) is 9.75 Å². The van der Waals surface area contributed by atoms with E-state index in [2.05, 4.69) is 37.8 Å². The van der Waals surface area contributed by atoms with Crippen LogP contribution in [-0.2, 0) is 12.8 Å². The van der Waals surface area contributed by atoms with Crippen molar-refractivity contribution in [2.45, 2.75) is 90.3 Å². The normalized spacial score (nSPS) is 13.1. The summed E-state index contributed by atoms with van der Waals surface area (Å²) in [7, 11) is 0. The van der Waals surface area contributed by atoms with E-state index in [-0.39, 0.29) is 0 Å². The molecule has 2 nitrogen and oxygen atoms in total. The molecule has 4 heteroatoms. The Labute approximate surface area is 178 Å². The van der Waals surface area contributed by atoms with Gasteiger partial charge in [0.05, 0.1) is 0 Å². The maximum atomic E-state index is 10.5. The lowest BCUT2D eigenvalue weighted by Gasteiger charge is -2.08. The second-order valence-electron chi connectivity index (χ2n) is 7.34. The highest BCUT2D eigenvalue weighted by atomic mass is 32.1. The molecule has 0 aliphatic carbocycles. The molecule has 0 aromatic carbocycles. The first kappa shape index (κ1) is 23.2. The zero-order valence-electron chi connectivity index (χ0n) is 17.2. The van der Waals surface area contributed by atoms with Crippen molar-refractivity contribution in [3.8, 4) is 11.8 Å². The van der Waals surface area contributed by atoms with E-state index >= 15 is 0 Å². The van der Waals surface area contributed by atoms with Crippen molar-refractivity contribution < 1.29 is 10.2 Å². The van der Waals surface area contributed by atoms with Crippen LogP contribution in [0.2, 0.25) is 0 Å². The summed E-state index contributed by atoms with van der Waals surface area (Å²) >= 11 is 3.12. The summed E-state index contributed by atoms with van der Waals surface area (Å²) in [6.07, 6.45) is 10.1. The fourth-order valence-electron chi connectivity index (χ4n) is 3.36. The summed E-state index contributed by atoms with van der Waals surface area (Å²) in [5.41, 5.74) is 2.40. The van der Waals surface area contributed by atoms with Gasteiger partial charge in [-0.1, -0.05) is 64.2 Å². The van der Waals surface area contributed by atoms with Gasteiger partial charge in [-0.2, -0.15) is 0 Å². The van der Waals surface area contributed by atoms with Crippen molar-refractivity contribution in [2.75, 3.05) is 0 Å². The van der Waals surface area contributed by atoms with E-state index in [0.717, 1.165) is 35.4 Å². The molecule has 0 amide bonds. The van der Waals surface area contributed by atoms with Gasteiger partial charge in [-0.15, -0.1) is 22.7 Å². The van der Waals surface area contributed by atoms with E-state index in [1.807, 2.05) is 10.8 Å². The first-order chi connectivity index (χ1) is 13.7. The minimum atomic E-state index is -0.816. The molecule has 2 unspecified atom stereocenters. The van der Waals surface area contributed by atoms with E-state index in [1.165, 1.54) is 49.7 Å². The van der Waals surface area contributed by atoms with Crippen LogP contribution in [0, 0.1) is 11.8 Å². The maximum Gasteiger partial charge on any atom is 0.149 e. The lowest BCUT2D eigenvalue weighted by molar-refractivity contribution is 0.230. The van der Waals surface area contributed by atoms with Crippen LogP contribution in [0.15, 0.2) is 22.9 Å². The van der Waals surface area contributed by atoms with Crippen molar-refractivity contribution in [3.63, 3.8) is 0 Å². The van der Waals surface area contributed by atoms with Crippen LogP contribution in [0.3, 0.4) is 0 Å². The molecule has 2 heterocycles. The standard InChI is InChI=1S/C24H34O2S2/c1-3-5-7-9-11-19-15-17-27-23(19)21(25)13-14-22(26)24-20(16-18-28-24)12-10-8-6-4-2/h15-18,21-22,25-26H,3-12H2,1-2H3. The zero-order chi connectivity index (χ0) is 20.2. The quantitative estimate of drug-likeness (QED) is 0.293. The lowest BCUT2D eigenvalue weighted by Crippen LogP contribution is -1.99. The highest BCUT2D eigenvalue weighted by Crippen LogP contribution is 2.28. The molecule has 0 bridgehead atoms. The van der Waals surface area contributed by atoms with Gasteiger partial charge < -0.3 is 10.2 Å². The van der Waals surface area contributed by atoms with E-state index < -0.39 is 12.2 Å². The minimum absolute atomic E-state index is 0.816. The fraction of sp³-hybridized carbons (Fsp3) is 0.583. The van der Waals surface area contributed by atoms with Crippen LogP contribution < -0.4 is 0 Å². The van der Waals surface area contributed by atoms with Crippen molar-refractivity contribution in [1.82, 2.24) is 0 Å². The summed E-state index contributed by atoms with van der Waals surface area (Å²) in [5, 5.41) is 25.1. The summed E-state index contributed by atoms with van der Waals surface area (Å²) in [5.74, 6) is 5.78. The molecule has 0 saturated heterocycles. The summed E-state index contributed by atoms with van der Waals surface area (Å²) in [4.78, 5) is 1.87. The SMILES string of the molecule is CCCCCCc1ccsc1C(O)C#CC(O)c1sccc1CCCCCC. The van der Waals surface area contributed by atoms with E-state index in [0.29, 0.717) is 0 Å². The average molecular weight is 419 g/mol. The van der Waals surface area contributed by atoms with Gasteiger partial charge in [0.1, 0.15) is 12.2 Å². The molecule has 2 N–H and O–H groups in total. The largest absolute Gasteiger partial charge is 0.375 e. The Morgan fingerprint density at radius 3 is 1.54 bits per heavy atom. The monoisotopic (exact) mass is 418 g/mol. The van der Waals surface area contributed by atoms with Crippen LogP contribution in [0.25, 0.3) is 0 Å². The minimum Gasteiger partial charge on any atom is -0.375 e. The Hall–Kier alpha value is -1.12. The molecule has 154 valence electrons. The van der Waals surface area contributed by atoms with E-state index in [1.54, 1.807) is 22.7 Å². The molecule has 0 radical (unpaired) electrons. The number of unbranched alkanes of at least 4 members (excludes halogenated alkanes) is 6. The van der Waals surface area contributed by atoms with Gasteiger partial charge in [-0.05, 0) is 59.7 Å². The lowest BCUT2D eigenvalue weighted by atomic mass is 10.0. The highest BCUT2D eigenvalue weighted by Gasteiger charge is 2.14. The van der Waals surface area contributed by atoms with E-state index in [9.17, 15) is 10.2 Å². The van der Waals surface area contributed by atoms with Gasteiger partial charge in [0.25, 0.3) is 0 Å². The number of rotatable bonds is 12. The smallest absolute Gasteiger partial charge is 0.149 e. The number of thiophene rings is 2. The van der Waals surface area contributed by atoms with Crippen molar-refractivity contribution >= 4 is 22.7 Å². The fourth-order valence-corrected chi connectivity index (χ4v) is 5.14. The van der Waals surface area contributed by atoms with E-state index in [4.69, 9.17) is 0 Å². The third kappa shape index (κ3) is 7.37.